The number of fused-ring (bicyclic) bond motifs is 5. The summed E-state index contributed by atoms with van der Waals surface area (Å²) in [6.07, 6.45) is 0. The van der Waals surface area contributed by atoms with Gasteiger partial charge >= 0.3 is 5.97 Å². The molecule has 7 heteroatoms. The molecule has 35 heavy (non-hydrogen) atoms. The van der Waals surface area contributed by atoms with Gasteiger partial charge in [-0.15, -0.1) is 0 Å². The van der Waals surface area contributed by atoms with E-state index in [9.17, 15) is 14.4 Å². The molecule has 0 N–H and O–H groups in total. The third kappa shape index (κ3) is 3.60. The molecule has 1 aliphatic rings. The summed E-state index contributed by atoms with van der Waals surface area (Å²) in [5.74, 6) is -0.885. The number of rotatable bonds is 4. The van der Waals surface area contributed by atoms with Crippen LogP contribution >= 0.6 is 0 Å². The third-order valence-electron chi connectivity index (χ3n) is 6.53. The lowest BCUT2D eigenvalue weighted by molar-refractivity contribution is -0.140. The molecule has 0 radical (unpaired) electrons. The second-order valence-corrected chi connectivity index (χ2v) is 8.78. The number of ketones is 2. The van der Waals surface area contributed by atoms with Crippen molar-refractivity contribution >= 4 is 50.7 Å². The number of carbonyl (C=O) groups excluding carboxylic acids is 3. The van der Waals surface area contributed by atoms with Gasteiger partial charge in [-0.3, -0.25) is 9.59 Å². The molecule has 7 nitrogen and oxygen atoms in total. The number of carbonyl (C=O) groups is 3. The highest BCUT2D eigenvalue weighted by molar-refractivity contribution is 6.50. The van der Waals surface area contributed by atoms with Gasteiger partial charge in [0.2, 0.25) is 5.78 Å². The molecule has 0 spiro atoms. The number of benzene rings is 3. The maximum absolute atomic E-state index is 13.4. The molecule has 176 valence electrons. The highest BCUT2D eigenvalue weighted by Crippen LogP contribution is 2.40. The fourth-order valence-electron chi connectivity index (χ4n) is 4.94. The second-order valence-electron chi connectivity index (χ2n) is 8.78. The van der Waals surface area contributed by atoms with Crippen molar-refractivity contribution in [2.24, 2.45) is 5.16 Å². The molecule has 0 unspecified atom stereocenters. The lowest BCUT2D eigenvalue weighted by Crippen LogP contribution is -2.37. The van der Waals surface area contributed by atoms with Gasteiger partial charge in [-0.05, 0) is 49.7 Å². The Hall–Kier alpha value is -4.26. The minimum Gasteiger partial charge on any atom is -0.367 e. The zero-order chi connectivity index (χ0) is 24.9. The van der Waals surface area contributed by atoms with Gasteiger partial charge in [0, 0.05) is 53.5 Å². The molecule has 0 saturated carbocycles. The summed E-state index contributed by atoms with van der Waals surface area (Å²) < 4.78 is 2.19. The number of aryl methyl sites for hydroxylation is 2. The fraction of sp³-hybridized carbons (Fsp3) is 0.214. The number of hydrogen-bond donors (Lipinski definition) is 0. The standard InChI is InChI=1S/C28H25N3O4/c1-5-31-23-12-10-18(27(33)19-9-7-6-8-16(19)2)14-21(23)25-24(31)13-11-20-26(25)30(4)15-22(28(20)34)29-35-17(3)32/h6-14H,5,15H2,1-4H3/b29-22+. The molecule has 0 amide bonds. The average Bonchev–Trinajstić information content (AvgIpc) is 3.17. The van der Waals surface area contributed by atoms with Crippen LogP contribution in [0, 0.1) is 6.92 Å². The maximum Gasteiger partial charge on any atom is 0.331 e. The van der Waals surface area contributed by atoms with Gasteiger partial charge in [0.05, 0.1) is 17.7 Å². The van der Waals surface area contributed by atoms with Crippen LogP contribution in [0.3, 0.4) is 0 Å². The number of anilines is 1. The smallest absolute Gasteiger partial charge is 0.331 e. The van der Waals surface area contributed by atoms with Crippen LogP contribution in [-0.2, 0) is 16.2 Å². The van der Waals surface area contributed by atoms with Crippen molar-refractivity contribution < 1.29 is 19.2 Å². The summed E-state index contributed by atoms with van der Waals surface area (Å²) in [5, 5.41) is 5.61. The Morgan fingerprint density at radius 2 is 1.80 bits per heavy atom. The third-order valence-corrected chi connectivity index (χ3v) is 6.53. The van der Waals surface area contributed by atoms with E-state index in [1.807, 2.05) is 67.4 Å². The molecule has 0 fully saturated rings. The van der Waals surface area contributed by atoms with Gasteiger partial charge in [0.25, 0.3) is 0 Å². The molecule has 4 aromatic rings. The van der Waals surface area contributed by atoms with Crippen molar-refractivity contribution in [2.75, 3.05) is 18.5 Å². The van der Waals surface area contributed by atoms with Gasteiger partial charge in [0.15, 0.2) is 5.78 Å². The van der Waals surface area contributed by atoms with Crippen LogP contribution in [0.5, 0.6) is 0 Å². The number of Topliss-reactive ketones (excluding diaryl/α,β-unsaturated/α-hetero) is 1. The normalized spacial score (nSPS) is 14.6. The zero-order valence-corrected chi connectivity index (χ0v) is 20.1. The van der Waals surface area contributed by atoms with E-state index in [0.29, 0.717) is 16.7 Å². The number of nitrogens with zero attached hydrogens (tertiary/aromatic N) is 3. The molecule has 1 aliphatic heterocycles. The topological polar surface area (TPSA) is 81.0 Å². The zero-order valence-electron chi connectivity index (χ0n) is 20.1. The molecule has 1 aromatic heterocycles. The van der Waals surface area contributed by atoms with Gasteiger partial charge in [-0.25, -0.2) is 4.79 Å². The van der Waals surface area contributed by atoms with Crippen molar-refractivity contribution in [3.05, 3.63) is 76.9 Å². The summed E-state index contributed by atoms with van der Waals surface area (Å²) in [6, 6.07) is 17.1. The highest BCUT2D eigenvalue weighted by atomic mass is 16.7. The number of hydrogen-bond acceptors (Lipinski definition) is 6. The van der Waals surface area contributed by atoms with E-state index in [-0.39, 0.29) is 23.8 Å². The monoisotopic (exact) mass is 467 g/mol. The van der Waals surface area contributed by atoms with Crippen LogP contribution in [0.4, 0.5) is 5.69 Å². The Balaban J connectivity index is 1.74. The van der Waals surface area contributed by atoms with Crippen LogP contribution in [0.1, 0.15) is 45.7 Å². The second kappa shape index (κ2) is 8.51. The minimum absolute atomic E-state index is 0.0348. The molecule has 0 aliphatic carbocycles. The Bertz CT molecular complexity index is 1580. The lowest BCUT2D eigenvalue weighted by atomic mass is 9.94. The molecular weight excluding hydrogens is 442 g/mol. The first-order valence-corrected chi connectivity index (χ1v) is 11.5. The fourth-order valence-corrected chi connectivity index (χ4v) is 4.94. The maximum atomic E-state index is 13.4. The Kier molecular flexibility index (Phi) is 5.47. The van der Waals surface area contributed by atoms with Crippen LogP contribution in [-0.4, -0.2) is 41.4 Å². The molecule has 3 aromatic carbocycles. The largest absolute Gasteiger partial charge is 0.367 e. The van der Waals surface area contributed by atoms with Crippen molar-refractivity contribution in [3.8, 4) is 0 Å². The Morgan fingerprint density at radius 1 is 1.06 bits per heavy atom. The van der Waals surface area contributed by atoms with Gasteiger partial charge in [-0.2, -0.15) is 0 Å². The summed E-state index contributed by atoms with van der Waals surface area (Å²) in [5.41, 5.74) is 5.63. The molecule has 2 heterocycles. The first kappa shape index (κ1) is 22.5. The quantitative estimate of drug-likeness (QED) is 0.242. The first-order valence-electron chi connectivity index (χ1n) is 11.5. The van der Waals surface area contributed by atoms with Crippen LogP contribution in [0.2, 0.25) is 0 Å². The van der Waals surface area contributed by atoms with Crippen LogP contribution in [0.15, 0.2) is 59.8 Å². The van der Waals surface area contributed by atoms with E-state index >= 15 is 0 Å². The Morgan fingerprint density at radius 3 is 2.51 bits per heavy atom. The Labute approximate surface area is 202 Å². The predicted molar refractivity (Wildman–Crippen MR) is 137 cm³/mol. The molecular formula is C28H25N3O4. The van der Waals surface area contributed by atoms with Gasteiger partial charge < -0.3 is 14.3 Å². The SMILES string of the molecule is CCn1c2ccc(C(=O)c3ccccc3C)cc2c2c3c(ccc21)C(=O)/C(=N/OC(C)=O)CN3C. The van der Waals surface area contributed by atoms with E-state index < -0.39 is 5.97 Å². The summed E-state index contributed by atoms with van der Waals surface area (Å²) >= 11 is 0. The van der Waals surface area contributed by atoms with Crippen molar-refractivity contribution in [1.29, 1.82) is 0 Å². The summed E-state index contributed by atoms with van der Waals surface area (Å²) in [4.78, 5) is 44.5. The van der Waals surface area contributed by atoms with E-state index in [1.54, 1.807) is 6.07 Å². The lowest BCUT2D eigenvalue weighted by Gasteiger charge is -2.28. The number of oxime groups is 1. The summed E-state index contributed by atoms with van der Waals surface area (Å²) in [6.45, 7) is 6.19. The molecule has 0 saturated heterocycles. The van der Waals surface area contributed by atoms with E-state index in [1.165, 1.54) is 6.92 Å². The van der Waals surface area contributed by atoms with Gasteiger partial charge in [0.1, 0.15) is 5.71 Å². The first-order chi connectivity index (χ1) is 16.8. The average molecular weight is 468 g/mol. The number of aromatic nitrogens is 1. The van der Waals surface area contributed by atoms with Crippen molar-refractivity contribution in [1.82, 2.24) is 4.57 Å². The molecule has 0 atom stereocenters. The van der Waals surface area contributed by atoms with E-state index in [4.69, 9.17) is 4.84 Å². The summed E-state index contributed by atoms with van der Waals surface area (Å²) in [7, 11) is 1.88. The van der Waals surface area contributed by atoms with E-state index in [0.717, 1.165) is 39.6 Å². The molecule has 5 rings (SSSR count). The minimum atomic E-state index is -0.578. The van der Waals surface area contributed by atoms with E-state index in [2.05, 4.69) is 16.6 Å². The van der Waals surface area contributed by atoms with Crippen LogP contribution in [0.25, 0.3) is 21.8 Å². The van der Waals surface area contributed by atoms with Gasteiger partial charge in [-0.1, -0.05) is 29.4 Å². The molecule has 0 bridgehead atoms. The predicted octanol–water partition coefficient (Wildman–Crippen LogP) is 4.91. The highest BCUT2D eigenvalue weighted by Gasteiger charge is 2.31. The van der Waals surface area contributed by atoms with Crippen molar-refractivity contribution in [2.45, 2.75) is 27.3 Å². The van der Waals surface area contributed by atoms with Crippen LogP contribution < -0.4 is 4.90 Å². The van der Waals surface area contributed by atoms with Crippen molar-refractivity contribution in [3.63, 3.8) is 0 Å².